The number of nitrogens with zero attached hydrogens (tertiary/aromatic N) is 4. The molecule has 4 rings (SSSR count). The molecule has 0 saturated heterocycles. The van der Waals surface area contributed by atoms with Crippen LogP contribution < -0.4 is 5.56 Å². The molecule has 0 unspecified atom stereocenters. The lowest BCUT2D eigenvalue weighted by molar-refractivity contribution is -0.138. The SMILES string of the molecule is O=c1[nH]ncc(C2=Cc3nnn(Cc4ccccc4C(F)(F)F)c3CC2)c1Cl. The van der Waals surface area contributed by atoms with Gasteiger partial charge in [-0.3, -0.25) is 4.79 Å². The van der Waals surface area contributed by atoms with Gasteiger partial charge < -0.3 is 0 Å². The molecule has 2 aromatic heterocycles. The van der Waals surface area contributed by atoms with Crippen LogP contribution in [-0.2, 0) is 19.1 Å². The molecular weight excluding hydrogens is 395 g/mol. The van der Waals surface area contributed by atoms with Crippen LogP contribution in [0.4, 0.5) is 13.2 Å². The van der Waals surface area contributed by atoms with Gasteiger partial charge in [-0.2, -0.15) is 18.3 Å². The largest absolute Gasteiger partial charge is 0.416 e. The van der Waals surface area contributed by atoms with Gasteiger partial charge in [0.25, 0.3) is 5.56 Å². The quantitative estimate of drug-likeness (QED) is 0.720. The van der Waals surface area contributed by atoms with Crippen molar-refractivity contribution >= 4 is 23.3 Å². The van der Waals surface area contributed by atoms with Gasteiger partial charge in [-0.05, 0) is 36.1 Å². The second-order valence-corrected chi connectivity index (χ2v) is 6.71. The van der Waals surface area contributed by atoms with E-state index >= 15 is 0 Å². The summed E-state index contributed by atoms with van der Waals surface area (Å²) in [7, 11) is 0. The van der Waals surface area contributed by atoms with Gasteiger partial charge in [-0.15, -0.1) is 5.10 Å². The molecule has 0 atom stereocenters. The molecule has 10 heteroatoms. The summed E-state index contributed by atoms with van der Waals surface area (Å²) in [6.07, 6.45) is -0.197. The third kappa shape index (κ3) is 3.33. The summed E-state index contributed by atoms with van der Waals surface area (Å²) in [4.78, 5) is 11.6. The second kappa shape index (κ2) is 6.90. The number of halogens is 4. The second-order valence-electron chi connectivity index (χ2n) is 6.33. The number of hydrogen-bond donors (Lipinski definition) is 1. The van der Waals surface area contributed by atoms with Crippen molar-refractivity contribution in [1.82, 2.24) is 25.2 Å². The van der Waals surface area contributed by atoms with Gasteiger partial charge in [0.15, 0.2) is 0 Å². The first-order valence-corrected chi connectivity index (χ1v) is 8.74. The summed E-state index contributed by atoms with van der Waals surface area (Å²) in [5.41, 5.74) is 1.51. The van der Waals surface area contributed by atoms with E-state index in [0.29, 0.717) is 24.1 Å². The molecule has 0 radical (unpaired) electrons. The van der Waals surface area contributed by atoms with Crippen molar-refractivity contribution in [2.24, 2.45) is 0 Å². The zero-order valence-corrected chi connectivity index (χ0v) is 15.1. The normalized spacial score (nSPS) is 13.9. The molecule has 1 aliphatic rings. The van der Waals surface area contributed by atoms with Gasteiger partial charge in [0.05, 0.1) is 24.0 Å². The molecule has 1 aliphatic carbocycles. The van der Waals surface area contributed by atoms with Gasteiger partial charge in [-0.25, -0.2) is 9.78 Å². The Bertz CT molecular complexity index is 1130. The number of allylic oxidation sites excluding steroid dienone is 1. The maximum atomic E-state index is 13.2. The first-order chi connectivity index (χ1) is 13.3. The Hall–Kier alpha value is -2.94. The van der Waals surface area contributed by atoms with E-state index in [4.69, 9.17) is 11.6 Å². The number of fused-ring (bicyclic) bond motifs is 1. The van der Waals surface area contributed by atoms with Crippen LogP contribution in [0.15, 0.2) is 35.3 Å². The molecule has 0 fully saturated rings. The number of H-pyrrole nitrogens is 1. The van der Waals surface area contributed by atoms with Gasteiger partial charge in [0.1, 0.15) is 10.7 Å². The fourth-order valence-electron chi connectivity index (χ4n) is 3.25. The van der Waals surface area contributed by atoms with E-state index < -0.39 is 17.3 Å². The van der Waals surface area contributed by atoms with Crippen molar-refractivity contribution in [3.05, 3.63) is 73.9 Å². The van der Waals surface area contributed by atoms with Gasteiger partial charge in [-0.1, -0.05) is 35.0 Å². The smallest absolute Gasteiger partial charge is 0.266 e. The zero-order chi connectivity index (χ0) is 19.9. The monoisotopic (exact) mass is 407 g/mol. The van der Waals surface area contributed by atoms with Crippen molar-refractivity contribution in [1.29, 1.82) is 0 Å². The number of benzene rings is 1. The standard InChI is InChI=1S/C18H13ClF3N5O/c19-16-12(8-23-25-17(16)28)10-5-6-15-14(7-10)24-26-27(15)9-11-3-1-2-4-13(11)18(20,21)22/h1-4,7-8H,5-6,9H2,(H,25,28). The predicted molar refractivity (Wildman–Crippen MR) is 96.6 cm³/mol. The van der Waals surface area contributed by atoms with Crippen LogP contribution in [0, 0.1) is 0 Å². The van der Waals surface area contributed by atoms with Crippen LogP contribution in [0.2, 0.25) is 5.02 Å². The summed E-state index contributed by atoms with van der Waals surface area (Å²) < 4.78 is 41.1. The molecule has 6 nitrogen and oxygen atoms in total. The van der Waals surface area contributed by atoms with Gasteiger partial charge in [0.2, 0.25) is 0 Å². The molecule has 1 aromatic carbocycles. The van der Waals surface area contributed by atoms with E-state index in [9.17, 15) is 18.0 Å². The molecule has 1 N–H and O–H groups in total. The Kier molecular flexibility index (Phi) is 4.54. The molecule has 0 amide bonds. The maximum Gasteiger partial charge on any atom is 0.416 e. The van der Waals surface area contributed by atoms with Gasteiger partial charge in [0, 0.05) is 5.56 Å². The molecular formula is C18H13ClF3N5O. The van der Waals surface area contributed by atoms with Crippen molar-refractivity contribution in [3.63, 3.8) is 0 Å². The fourth-order valence-corrected chi connectivity index (χ4v) is 3.46. The Labute approximate surface area is 161 Å². The fraction of sp³-hybridized carbons (Fsp3) is 0.222. The van der Waals surface area contributed by atoms with Crippen molar-refractivity contribution in [3.8, 4) is 0 Å². The molecule has 0 spiro atoms. The number of alkyl halides is 3. The summed E-state index contributed by atoms with van der Waals surface area (Å²) in [5, 5.41) is 14.2. The highest BCUT2D eigenvalue weighted by Gasteiger charge is 2.33. The Balaban J connectivity index is 1.68. The molecule has 144 valence electrons. The zero-order valence-electron chi connectivity index (χ0n) is 14.3. The lowest BCUT2D eigenvalue weighted by Gasteiger charge is -2.16. The lowest BCUT2D eigenvalue weighted by atomic mass is 9.95. The van der Waals surface area contributed by atoms with Crippen molar-refractivity contribution < 1.29 is 13.2 Å². The minimum atomic E-state index is -4.44. The highest BCUT2D eigenvalue weighted by Crippen LogP contribution is 2.34. The highest BCUT2D eigenvalue weighted by molar-refractivity contribution is 6.32. The van der Waals surface area contributed by atoms with Crippen LogP contribution in [0.3, 0.4) is 0 Å². The van der Waals surface area contributed by atoms with E-state index in [2.05, 4.69) is 20.5 Å². The van der Waals surface area contributed by atoms with E-state index in [-0.39, 0.29) is 17.1 Å². The van der Waals surface area contributed by atoms with Crippen LogP contribution in [-0.4, -0.2) is 25.2 Å². The minimum Gasteiger partial charge on any atom is -0.266 e. The topological polar surface area (TPSA) is 76.5 Å². The number of aromatic nitrogens is 5. The Morgan fingerprint density at radius 1 is 1.21 bits per heavy atom. The predicted octanol–water partition coefficient (Wildman–Crippen LogP) is 3.57. The van der Waals surface area contributed by atoms with Crippen LogP contribution >= 0.6 is 11.6 Å². The number of aromatic amines is 1. The van der Waals surface area contributed by atoms with E-state index in [1.54, 1.807) is 12.1 Å². The Morgan fingerprint density at radius 3 is 2.79 bits per heavy atom. The van der Waals surface area contributed by atoms with Crippen LogP contribution in [0.1, 0.15) is 34.5 Å². The third-order valence-corrected chi connectivity index (χ3v) is 4.97. The van der Waals surface area contributed by atoms with Gasteiger partial charge >= 0.3 is 6.18 Å². The molecule has 0 aliphatic heterocycles. The van der Waals surface area contributed by atoms with E-state index in [1.165, 1.54) is 23.0 Å². The molecule has 0 bridgehead atoms. The Morgan fingerprint density at radius 2 is 2.00 bits per heavy atom. The van der Waals surface area contributed by atoms with E-state index in [0.717, 1.165) is 17.3 Å². The summed E-state index contributed by atoms with van der Waals surface area (Å²) in [6.45, 7) is -0.0332. The van der Waals surface area contributed by atoms with Crippen molar-refractivity contribution in [2.45, 2.75) is 25.6 Å². The van der Waals surface area contributed by atoms with E-state index in [1.807, 2.05) is 0 Å². The molecule has 2 heterocycles. The van der Waals surface area contributed by atoms with Crippen molar-refractivity contribution in [2.75, 3.05) is 0 Å². The lowest BCUT2D eigenvalue weighted by Crippen LogP contribution is -2.15. The first-order valence-electron chi connectivity index (χ1n) is 8.36. The molecule has 28 heavy (non-hydrogen) atoms. The summed E-state index contributed by atoms with van der Waals surface area (Å²) in [6, 6.07) is 5.41. The first kappa shape index (κ1) is 18.4. The van der Waals surface area contributed by atoms with Crippen LogP contribution in [0.25, 0.3) is 11.6 Å². The van der Waals surface area contributed by atoms with Crippen LogP contribution in [0.5, 0.6) is 0 Å². The minimum absolute atomic E-state index is 0.0332. The number of hydrogen-bond acceptors (Lipinski definition) is 4. The number of rotatable bonds is 3. The third-order valence-electron chi connectivity index (χ3n) is 4.59. The summed E-state index contributed by atoms with van der Waals surface area (Å²) >= 11 is 6.05. The average Bonchev–Trinajstić information content (AvgIpc) is 3.06. The molecule has 0 saturated carbocycles. The average molecular weight is 408 g/mol. The number of nitrogens with one attached hydrogen (secondary N) is 1. The maximum absolute atomic E-state index is 13.2. The highest BCUT2D eigenvalue weighted by atomic mass is 35.5. The summed E-state index contributed by atoms with van der Waals surface area (Å²) in [5.74, 6) is 0. The molecule has 3 aromatic rings.